The van der Waals surface area contributed by atoms with E-state index in [1.54, 1.807) is 0 Å². The summed E-state index contributed by atoms with van der Waals surface area (Å²) in [6.07, 6.45) is 45.6. The molecule has 0 aliphatic rings. The van der Waals surface area contributed by atoms with Crippen molar-refractivity contribution in [1.29, 1.82) is 0 Å². The van der Waals surface area contributed by atoms with Crippen molar-refractivity contribution in [2.24, 2.45) is 0 Å². The Kier molecular flexibility index (Phi) is 30.8. The number of rotatable bonds is 27. The molecule has 1 unspecified atom stereocenters. The topological polar surface area (TPSA) is 55.8 Å². The van der Waals surface area contributed by atoms with Crippen molar-refractivity contribution < 1.29 is 19.4 Å². The minimum Gasteiger partial charge on any atom is -0.457 e. The third-order valence-electron chi connectivity index (χ3n) is 5.98. The number of carbonyl (C=O) groups is 1. The van der Waals surface area contributed by atoms with Crippen LogP contribution in [-0.2, 0) is 14.3 Å². The van der Waals surface area contributed by atoms with Crippen LogP contribution < -0.4 is 0 Å². The maximum atomic E-state index is 11.6. The lowest BCUT2D eigenvalue weighted by Crippen LogP contribution is -2.27. The third-order valence-corrected chi connectivity index (χ3v) is 5.98. The van der Waals surface area contributed by atoms with Gasteiger partial charge in [-0.25, -0.2) is 0 Å². The van der Waals surface area contributed by atoms with Gasteiger partial charge in [-0.2, -0.15) is 0 Å². The zero-order valence-electron chi connectivity index (χ0n) is 25.6. The predicted octanol–water partition coefficient (Wildman–Crippen LogP) is 9.69. The van der Waals surface area contributed by atoms with Crippen molar-refractivity contribution in [1.82, 2.24) is 0 Å². The average molecular weight is 555 g/mol. The van der Waals surface area contributed by atoms with E-state index in [1.165, 1.54) is 12.8 Å². The SMILES string of the molecule is CC/C=C\C/C=C\C/C=C\C/C=C\C/C=C\C/C=C\C/C=C\CCCCCCOCC(CO)OC(=O)CCCC. The molecule has 0 spiro atoms. The Morgan fingerprint density at radius 1 is 0.625 bits per heavy atom. The lowest BCUT2D eigenvalue weighted by molar-refractivity contribution is -0.154. The molecule has 40 heavy (non-hydrogen) atoms. The lowest BCUT2D eigenvalue weighted by atomic mass is 10.1. The Morgan fingerprint density at radius 3 is 1.57 bits per heavy atom. The van der Waals surface area contributed by atoms with E-state index in [1.807, 2.05) is 6.92 Å². The van der Waals surface area contributed by atoms with Crippen molar-refractivity contribution in [3.05, 3.63) is 85.1 Å². The van der Waals surface area contributed by atoms with Crippen molar-refractivity contribution in [2.45, 2.75) is 116 Å². The maximum absolute atomic E-state index is 11.6. The van der Waals surface area contributed by atoms with Gasteiger partial charge >= 0.3 is 5.97 Å². The largest absolute Gasteiger partial charge is 0.457 e. The number of esters is 1. The van der Waals surface area contributed by atoms with Crippen LogP contribution in [-0.4, -0.2) is 37.0 Å². The zero-order chi connectivity index (χ0) is 29.2. The molecule has 4 nitrogen and oxygen atoms in total. The maximum Gasteiger partial charge on any atom is 0.306 e. The number of hydrogen-bond acceptors (Lipinski definition) is 4. The summed E-state index contributed by atoms with van der Waals surface area (Å²) in [6.45, 7) is 4.91. The van der Waals surface area contributed by atoms with Gasteiger partial charge in [0.25, 0.3) is 0 Å². The number of carbonyl (C=O) groups excluding carboxylic acids is 1. The van der Waals surface area contributed by atoms with E-state index < -0.39 is 6.10 Å². The normalized spacial score (nSPS) is 13.6. The molecule has 4 heteroatoms. The van der Waals surface area contributed by atoms with Crippen LogP contribution in [0.3, 0.4) is 0 Å². The van der Waals surface area contributed by atoms with Gasteiger partial charge in [0.15, 0.2) is 0 Å². The van der Waals surface area contributed by atoms with Gasteiger partial charge in [0, 0.05) is 13.0 Å². The molecule has 0 rings (SSSR count). The van der Waals surface area contributed by atoms with Crippen LogP contribution in [0.2, 0.25) is 0 Å². The predicted molar refractivity (Wildman–Crippen MR) is 172 cm³/mol. The second-order valence-electron chi connectivity index (χ2n) is 9.80. The number of unbranched alkanes of at least 4 members (excludes halogenated alkanes) is 5. The summed E-state index contributed by atoms with van der Waals surface area (Å²) in [5, 5.41) is 9.32. The van der Waals surface area contributed by atoms with E-state index in [0.717, 1.165) is 77.0 Å². The molecule has 0 saturated heterocycles. The molecule has 0 fully saturated rings. The van der Waals surface area contributed by atoms with Gasteiger partial charge < -0.3 is 14.6 Å². The third kappa shape index (κ3) is 30.1. The van der Waals surface area contributed by atoms with Gasteiger partial charge in [-0.05, 0) is 70.6 Å². The minimum atomic E-state index is -0.546. The molecule has 0 heterocycles. The van der Waals surface area contributed by atoms with Crippen LogP contribution in [0.4, 0.5) is 0 Å². The molecule has 1 N–H and O–H groups in total. The smallest absolute Gasteiger partial charge is 0.306 e. The van der Waals surface area contributed by atoms with Gasteiger partial charge in [0.05, 0.1) is 13.2 Å². The average Bonchev–Trinajstić information content (AvgIpc) is 2.96. The fourth-order valence-corrected chi connectivity index (χ4v) is 3.64. The fraction of sp³-hybridized carbons (Fsp3) is 0.583. The van der Waals surface area contributed by atoms with Gasteiger partial charge in [-0.15, -0.1) is 0 Å². The van der Waals surface area contributed by atoms with E-state index in [0.29, 0.717) is 13.0 Å². The highest BCUT2D eigenvalue weighted by Gasteiger charge is 2.13. The van der Waals surface area contributed by atoms with Crippen molar-refractivity contribution in [3.8, 4) is 0 Å². The molecule has 1 atom stereocenters. The van der Waals surface area contributed by atoms with E-state index in [9.17, 15) is 9.90 Å². The van der Waals surface area contributed by atoms with E-state index >= 15 is 0 Å². The van der Waals surface area contributed by atoms with Crippen LogP contribution in [0.25, 0.3) is 0 Å². The first-order chi connectivity index (χ1) is 19.7. The van der Waals surface area contributed by atoms with E-state index in [2.05, 4.69) is 92.0 Å². The minimum absolute atomic E-state index is 0.192. The second-order valence-corrected chi connectivity index (χ2v) is 9.80. The van der Waals surface area contributed by atoms with Gasteiger partial charge in [0.2, 0.25) is 0 Å². The summed E-state index contributed by atoms with van der Waals surface area (Å²) in [4.78, 5) is 11.6. The standard InChI is InChI=1S/C36H58O4/c1-3-5-7-8-9-10-11-12-13-14-15-16-17-18-19-20-21-22-23-24-25-26-27-28-29-30-32-39-34-35(33-37)40-36(38)31-6-4-2/h5,7,9-10,12-13,15-16,18-19,21-22,24-25,35,37H,3-4,6,8,11,14,17,20,23,26-34H2,1-2H3/b7-5-,10-9-,13-12-,16-15-,19-18-,22-21-,25-24-. The Bertz CT molecular complexity index is 755. The zero-order valence-corrected chi connectivity index (χ0v) is 25.6. The summed E-state index contributed by atoms with van der Waals surface area (Å²) in [5.41, 5.74) is 0. The van der Waals surface area contributed by atoms with Gasteiger partial charge in [0.1, 0.15) is 6.10 Å². The van der Waals surface area contributed by atoms with Crippen LogP contribution in [0.1, 0.15) is 110 Å². The highest BCUT2D eigenvalue weighted by Crippen LogP contribution is 2.06. The Labute approximate surface area is 246 Å². The van der Waals surface area contributed by atoms with Gasteiger partial charge in [-0.3, -0.25) is 4.79 Å². The quantitative estimate of drug-likeness (QED) is 0.0624. The number of ether oxygens (including phenoxy) is 2. The molecule has 0 amide bonds. The summed E-state index contributed by atoms with van der Waals surface area (Å²) < 4.78 is 10.8. The molecule has 226 valence electrons. The monoisotopic (exact) mass is 554 g/mol. The van der Waals surface area contributed by atoms with Crippen molar-refractivity contribution >= 4 is 5.97 Å². The van der Waals surface area contributed by atoms with Crippen LogP contribution in [0, 0.1) is 0 Å². The lowest BCUT2D eigenvalue weighted by Gasteiger charge is -2.15. The Hall–Kier alpha value is -2.43. The molecular weight excluding hydrogens is 496 g/mol. The van der Waals surface area contributed by atoms with Crippen LogP contribution in [0.15, 0.2) is 85.1 Å². The number of allylic oxidation sites excluding steroid dienone is 14. The molecule has 0 radical (unpaired) electrons. The van der Waals surface area contributed by atoms with E-state index in [4.69, 9.17) is 9.47 Å². The Morgan fingerprint density at radius 2 is 1.10 bits per heavy atom. The fourth-order valence-electron chi connectivity index (χ4n) is 3.64. The number of aliphatic hydroxyl groups excluding tert-OH is 1. The number of hydrogen-bond donors (Lipinski definition) is 1. The number of aliphatic hydroxyl groups is 1. The second kappa shape index (κ2) is 32.8. The molecule has 0 aromatic heterocycles. The summed E-state index contributed by atoms with van der Waals surface area (Å²) in [7, 11) is 0. The molecule has 0 aromatic rings. The first kappa shape index (κ1) is 37.6. The van der Waals surface area contributed by atoms with Crippen LogP contribution in [0.5, 0.6) is 0 Å². The highest BCUT2D eigenvalue weighted by molar-refractivity contribution is 5.69. The first-order valence-electron chi connectivity index (χ1n) is 15.7. The molecule has 0 aliphatic heterocycles. The van der Waals surface area contributed by atoms with Crippen molar-refractivity contribution in [3.63, 3.8) is 0 Å². The molecular formula is C36H58O4. The molecule has 0 bridgehead atoms. The first-order valence-corrected chi connectivity index (χ1v) is 15.7. The highest BCUT2D eigenvalue weighted by atomic mass is 16.6. The molecule has 0 aromatic carbocycles. The molecule has 0 aliphatic carbocycles. The van der Waals surface area contributed by atoms with Crippen molar-refractivity contribution in [2.75, 3.05) is 19.8 Å². The van der Waals surface area contributed by atoms with Gasteiger partial charge in [-0.1, -0.05) is 118 Å². The summed E-state index contributed by atoms with van der Waals surface area (Å²) in [5.74, 6) is -0.252. The van der Waals surface area contributed by atoms with E-state index in [-0.39, 0.29) is 19.2 Å². The summed E-state index contributed by atoms with van der Waals surface area (Å²) >= 11 is 0. The Balaban J connectivity index is 3.55. The molecule has 0 saturated carbocycles. The van der Waals surface area contributed by atoms with Crippen LogP contribution >= 0.6 is 0 Å². The summed E-state index contributed by atoms with van der Waals surface area (Å²) in [6, 6.07) is 0.